The fraction of sp³-hybridized carbons (Fsp3) is 0.0833. The predicted molar refractivity (Wildman–Crippen MR) is 91.0 cm³/mol. The highest BCUT2D eigenvalue weighted by Crippen LogP contribution is 2.43. The fourth-order valence-corrected chi connectivity index (χ4v) is 3.13. The van der Waals surface area contributed by atoms with Gasteiger partial charge in [-0.2, -0.15) is 13.2 Å². The van der Waals surface area contributed by atoms with Crippen LogP contribution in [0.25, 0.3) is 0 Å². The molecule has 1 heterocycles. The van der Waals surface area contributed by atoms with Gasteiger partial charge < -0.3 is 5.32 Å². The zero-order chi connectivity index (χ0) is 18.2. The molecule has 0 radical (unpaired) electrons. The molecule has 24 heavy (non-hydrogen) atoms. The molecule has 0 aliphatic heterocycles. The van der Waals surface area contributed by atoms with Gasteiger partial charge in [-0.1, -0.05) is 23.2 Å². The predicted octanol–water partition coefficient (Wildman–Crippen LogP) is 6.58. The molecule has 2 aromatic rings. The number of benzene rings is 1. The number of anilines is 2. The fourth-order valence-electron chi connectivity index (χ4n) is 1.72. The van der Waals surface area contributed by atoms with Gasteiger partial charge in [-0.05, 0) is 37.9 Å². The van der Waals surface area contributed by atoms with Gasteiger partial charge in [0.2, 0.25) is 0 Å². The molecular formula is C12H4Br2Cl2F3N3O2. The third kappa shape index (κ3) is 3.93. The summed E-state index contributed by atoms with van der Waals surface area (Å²) < 4.78 is 39.9. The first kappa shape index (κ1) is 19.2. The number of hydrogen-bond acceptors (Lipinski definition) is 4. The van der Waals surface area contributed by atoms with Crippen LogP contribution in [0.2, 0.25) is 10.0 Å². The monoisotopic (exact) mass is 507 g/mol. The minimum atomic E-state index is -4.82. The van der Waals surface area contributed by atoms with E-state index < -0.39 is 28.0 Å². The second-order valence-electron chi connectivity index (χ2n) is 4.31. The highest BCUT2D eigenvalue weighted by atomic mass is 79.9. The number of aromatic nitrogens is 1. The number of nitrogens with one attached hydrogen (secondary N) is 1. The summed E-state index contributed by atoms with van der Waals surface area (Å²) in [6.45, 7) is 0. The van der Waals surface area contributed by atoms with Crippen molar-refractivity contribution in [2.45, 2.75) is 6.18 Å². The van der Waals surface area contributed by atoms with Gasteiger partial charge in [0.15, 0.2) is 0 Å². The van der Waals surface area contributed by atoms with Crippen molar-refractivity contribution in [1.29, 1.82) is 0 Å². The Bertz CT molecular complexity index is 808. The Morgan fingerprint density at radius 1 is 1.17 bits per heavy atom. The number of rotatable bonds is 3. The van der Waals surface area contributed by atoms with E-state index in [4.69, 9.17) is 23.2 Å². The lowest BCUT2D eigenvalue weighted by atomic mass is 10.1. The van der Waals surface area contributed by atoms with Crippen LogP contribution < -0.4 is 5.32 Å². The number of nitro benzene ring substituents is 1. The average molecular weight is 510 g/mol. The number of nitro groups is 1. The SMILES string of the molecule is O=[N+]([O-])c1ccc(Nc2c(Cl)c(Br)nc(Br)c2Cl)c(C(F)(F)F)c1. The number of hydrogen-bond donors (Lipinski definition) is 1. The minimum absolute atomic E-state index is 0.0357. The Morgan fingerprint density at radius 2 is 1.71 bits per heavy atom. The van der Waals surface area contributed by atoms with E-state index in [0.29, 0.717) is 6.07 Å². The van der Waals surface area contributed by atoms with Gasteiger partial charge in [0.05, 0.1) is 31.9 Å². The van der Waals surface area contributed by atoms with Crippen molar-refractivity contribution in [3.8, 4) is 0 Å². The summed E-state index contributed by atoms with van der Waals surface area (Å²) in [6, 6.07) is 2.29. The minimum Gasteiger partial charge on any atom is -0.352 e. The normalized spacial score (nSPS) is 11.5. The number of pyridine rings is 1. The molecule has 0 saturated carbocycles. The summed E-state index contributed by atoms with van der Waals surface area (Å²) in [5.74, 6) is 0. The van der Waals surface area contributed by atoms with Crippen LogP contribution in [0.1, 0.15) is 5.56 Å². The largest absolute Gasteiger partial charge is 0.418 e. The molecule has 1 aromatic heterocycles. The van der Waals surface area contributed by atoms with Crippen molar-refractivity contribution in [2.75, 3.05) is 5.32 Å². The lowest BCUT2D eigenvalue weighted by molar-refractivity contribution is -0.385. The van der Waals surface area contributed by atoms with Crippen LogP contribution in [0.15, 0.2) is 27.4 Å². The van der Waals surface area contributed by atoms with E-state index in [0.717, 1.165) is 12.1 Å². The van der Waals surface area contributed by atoms with E-state index in [1.807, 2.05) is 0 Å². The van der Waals surface area contributed by atoms with E-state index in [2.05, 4.69) is 42.2 Å². The van der Waals surface area contributed by atoms with Crippen molar-refractivity contribution in [2.24, 2.45) is 0 Å². The quantitative estimate of drug-likeness (QED) is 0.288. The molecule has 12 heteroatoms. The van der Waals surface area contributed by atoms with Gasteiger partial charge in [-0.25, -0.2) is 4.98 Å². The zero-order valence-electron chi connectivity index (χ0n) is 11.1. The van der Waals surface area contributed by atoms with Gasteiger partial charge in [0, 0.05) is 12.1 Å². The molecule has 0 saturated heterocycles. The molecule has 0 aliphatic carbocycles. The Kier molecular flexibility index (Phi) is 5.63. The maximum atomic E-state index is 13.2. The smallest absolute Gasteiger partial charge is 0.352 e. The highest BCUT2D eigenvalue weighted by Gasteiger charge is 2.35. The van der Waals surface area contributed by atoms with Gasteiger partial charge in [-0.15, -0.1) is 0 Å². The number of non-ortho nitro benzene ring substituents is 1. The van der Waals surface area contributed by atoms with Crippen LogP contribution >= 0.6 is 55.1 Å². The van der Waals surface area contributed by atoms with Crippen molar-refractivity contribution in [3.63, 3.8) is 0 Å². The first-order chi connectivity index (χ1) is 11.0. The maximum absolute atomic E-state index is 13.2. The number of halogens is 7. The summed E-state index contributed by atoms with van der Waals surface area (Å²) in [6.07, 6.45) is -4.82. The van der Waals surface area contributed by atoms with Gasteiger partial charge in [0.1, 0.15) is 9.21 Å². The Hall–Kier alpha value is -1.10. The number of alkyl halides is 3. The summed E-state index contributed by atoms with van der Waals surface area (Å²) >= 11 is 18.1. The van der Waals surface area contributed by atoms with Crippen molar-refractivity contribution in [1.82, 2.24) is 4.98 Å². The zero-order valence-corrected chi connectivity index (χ0v) is 15.8. The van der Waals surface area contributed by atoms with Crippen LogP contribution in [0.3, 0.4) is 0 Å². The van der Waals surface area contributed by atoms with E-state index in [-0.39, 0.29) is 24.9 Å². The third-order valence-electron chi connectivity index (χ3n) is 2.78. The standard InChI is InChI=1S/C12H4Br2Cl2F3N3O2/c13-10-7(15)9(8(16)11(14)21-10)20-6-2-1-4(22(23)24)3-5(6)12(17,18)19/h1-3H,(H,20,21). The van der Waals surface area contributed by atoms with Crippen molar-refractivity contribution >= 4 is 72.1 Å². The van der Waals surface area contributed by atoms with E-state index in [1.54, 1.807) is 0 Å². The van der Waals surface area contributed by atoms with Gasteiger partial charge in [-0.3, -0.25) is 10.1 Å². The average Bonchev–Trinajstić information content (AvgIpc) is 2.48. The summed E-state index contributed by atoms with van der Waals surface area (Å²) in [7, 11) is 0. The van der Waals surface area contributed by atoms with Crippen molar-refractivity contribution in [3.05, 3.63) is 53.1 Å². The van der Waals surface area contributed by atoms with Gasteiger partial charge in [0.25, 0.3) is 5.69 Å². The molecule has 2 rings (SSSR count). The Labute approximate surface area is 159 Å². The highest BCUT2D eigenvalue weighted by molar-refractivity contribution is 9.11. The Morgan fingerprint density at radius 3 is 2.17 bits per heavy atom. The van der Waals surface area contributed by atoms with Crippen LogP contribution in [0.4, 0.5) is 30.2 Å². The molecule has 0 atom stereocenters. The molecular weight excluding hydrogens is 506 g/mol. The lowest BCUT2D eigenvalue weighted by Crippen LogP contribution is -2.10. The molecule has 128 valence electrons. The van der Waals surface area contributed by atoms with E-state index in [1.165, 1.54) is 0 Å². The molecule has 5 nitrogen and oxygen atoms in total. The summed E-state index contributed by atoms with van der Waals surface area (Å²) in [5.41, 5.74) is -2.40. The number of nitrogens with zero attached hydrogens (tertiary/aromatic N) is 2. The molecule has 0 spiro atoms. The van der Waals surface area contributed by atoms with Gasteiger partial charge >= 0.3 is 6.18 Å². The second-order valence-corrected chi connectivity index (χ2v) is 6.56. The summed E-state index contributed by atoms with van der Waals surface area (Å²) in [5, 5.41) is 13.1. The summed E-state index contributed by atoms with van der Waals surface area (Å²) in [4.78, 5) is 13.7. The molecule has 1 aromatic carbocycles. The van der Waals surface area contributed by atoms with E-state index >= 15 is 0 Å². The maximum Gasteiger partial charge on any atom is 0.418 e. The second kappa shape index (κ2) is 7.03. The topological polar surface area (TPSA) is 68.1 Å². The molecule has 0 aliphatic rings. The molecule has 0 bridgehead atoms. The molecule has 1 N–H and O–H groups in total. The van der Waals surface area contributed by atoms with Crippen LogP contribution in [0, 0.1) is 10.1 Å². The molecule has 0 unspecified atom stereocenters. The first-order valence-electron chi connectivity index (χ1n) is 5.85. The van der Waals surface area contributed by atoms with Crippen LogP contribution in [0.5, 0.6) is 0 Å². The van der Waals surface area contributed by atoms with Crippen LogP contribution in [-0.2, 0) is 6.18 Å². The molecule has 0 fully saturated rings. The molecule has 0 amide bonds. The first-order valence-corrected chi connectivity index (χ1v) is 8.19. The lowest BCUT2D eigenvalue weighted by Gasteiger charge is -2.17. The van der Waals surface area contributed by atoms with Crippen LogP contribution in [-0.4, -0.2) is 9.91 Å². The third-order valence-corrected chi connectivity index (χ3v) is 5.12. The van der Waals surface area contributed by atoms with E-state index in [9.17, 15) is 23.3 Å². The Balaban J connectivity index is 2.61. The van der Waals surface area contributed by atoms with Crippen molar-refractivity contribution < 1.29 is 18.1 Å².